The van der Waals surface area contributed by atoms with Crippen molar-refractivity contribution in [3.63, 3.8) is 0 Å². The van der Waals surface area contributed by atoms with Crippen molar-refractivity contribution < 1.29 is 33.4 Å². The van der Waals surface area contributed by atoms with Crippen molar-refractivity contribution in [3.8, 4) is 0 Å². The van der Waals surface area contributed by atoms with Gasteiger partial charge in [0.2, 0.25) is 0 Å². The molecule has 1 atom stereocenters. The zero-order chi connectivity index (χ0) is 15.1. The third kappa shape index (κ3) is 5.73. The van der Waals surface area contributed by atoms with E-state index in [-0.39, 0.29) is 49.5 Å². The van der Waals surface area contributed by atoms with Crippen LogP contribution in [0, 0.1) is 0 Å². The van der Waals surface area contributed by atoms with E-state index in [1.54, 1.807) is 0 Å². The van der Waals surface area contributed by atoms with Gasteiger partial charge in [-0.15, -0.1) is 0 Å². The van der Waals surface area contributed by atoms with Crippen LogP contribution in [0.25, 0.3) is 0 Å². The van der Waals surface area contributed by atoms with Crippen LogP contribution in [0.3, 0.4) is 0 Å². The molecule has 1 unspecified atom stereocenters. The van der Waals surface area contributed by atoms with Gasteiger partial charge in [0, 0.05) is 25.7 Å². The average molecular weight is 284 g/mol. The molecule has 1 aliphatic carbocycles. The lowest BCUT2D eigenvalue weighted by molar-refractivity contribution is -0.139. The van der Waals surface area contributed by atoms with E-state index in [0.29, 0.717) is 0 Å². The largest absolute Gasteiger partial charge is 0.509 e. The first-order chi connectivity index (χ1) is 9.38. The Kier molecular flexibility index (Phi) is 6.02. The Morgan fingerprint density at radius 2 is 1.85 bits per heavy atom. The van der Waals surface area contributed by atoms with E-state index >= 15 is 0 Å². The maximum atomic E-state index is 11.4. The van der Waals surface area contributed by atoms with E-state index in [1.807, 2.05) is 0 Å². The molecule has 0 aromatic rings. The molecule has 1 rings (SSSR count). The Morgan fingerprint density at radius 3 is 2.50 bits per heavy atom. The molecule has 0 N–H and O–H groups in total. The molecule has 0 aliphatic heterocycles. The minimum atomic E-state index is -1.16. The van der Waals surface area contributed by atoms with Gasteiger partial charge in [0.1, 0.15) is 11.6 Å². The lowest BCUT2D eigenvalue weighted by Gasteiger charge is -2.19. The van der Waals surface area contributed by atoms with Crippen molar-refractivity contribution >= 4 is 29.3 Å². The molecular weight excluding hydrogens is 268 g/mol. The monoisotopic (exact) mass is 284 g/mol. The molecule has 0 heterocycles. The molecule has 7 heteroatoms. The zero-order valence-corrected chi connectivity index (χ0v) is 11.2. The van der Waals surface area contributed by atoms with Gasteiger partial charge in [-0.3, -0.25) is 14.4 Å². The number of carbonyl (C=O) groups is 5. The summed E-state index contributed by atoms with van der Waals surface area (Å²) in [6.07, 6.45) is -2.13. The molecule has 0 radical (unpaired) electrons. The minimum Gasteiger partial charge on any atom is -0.426 e. The third-order valence-electron chi connectivity index (χ3n) is 2.77. The fourth-order valence-electron chi connectivity index (χ4n) is 1.63. The number of ketones is 4. The molecule has 0 saturated heterocycles. The van der Waals surface area contributed by atoms with Crippen molar-refractivity contribution in [2.45, 2.75) is 45.1 Å². The molecular formula is C13H16O7. The third-order valence-corrected chi connectivity index (χ3v) is 2.77. The van der Waals surface area contributed by atoms with Crippen molar-refractivity contribution in [1.29, 1.82) is 0 Å². The topological polar surface area (TPSA) is 104 Å². The first-order valence-corrected chi connectivity index (χ1v) is 6.27. The number of hydrogen-bond acceptors (Lipinski definition) is 7. The van der Waals surface area contributed by atoms with Gasteiger partial charge in [-0.25, -0.2) is 4.79 Å². The van der Waals surface area contributed by atoms with Gasteiger partial charge in [-0.1, -0.05) is 0 Å². The minimum absolute atomic E-state index is 0.0105. The fraction of sp³-hybridized carbons (Fsp3) is 0.615. The van der Waals surface area contributed by atoms with Crippen LogP contribution in [-0.4, -0.2) is 42.0 Å². The van der Waals surface area contributed by atoms with E-state index in [9.17, 15) is 24.0 Å². The Balaban J connectivity index is 2.29. The van der Waals surface area contributed by atoms with E-state index in [0.717, 1.165) is 0 Å². The summed E-state index contributed by atoms with van der Waals surface area (Å²) in [6.45, 7) is 0.842. The van der Waals surface area contributed by atoms with Gasteiger partial charge in [-0.2, -0.15) is 0 Å². The molecule has 1 aliphatic rings. The summed E-state index contributed by atoms with van der Waals surface area (Å²) in [5, 5.41) is 0. The lowest BCUT2D eigenvalue weighted by atomic mass is 9.95. The second-order valence-electron chi connectivity index (χ2n) is 4.59. The maximum Gasteiger partial charge on any atom is 0.509 e. The van der Waals surface area contributed by atoms with Crippen molar-refractivity contribution in [1.82, 2.24) is 0 Å². The van der Waals surface area contributed by atoms with E-state index in [4.69, 9.17) is 4.74 Å². The summed E-state index contributed by atoms with van der Waals surface area (Å²) in [5.74, 6) is -1.03. The molecule has 0 bridgehead atoms. The maximum absolute atomic E-state index is 11.4. The molecule has 110 valence electrons. The first kappa shape index (κ1) is 16.0. The number of ether oxygens (including phenoxy) is 2. The summed E-state index contributed by atoms with van der Waals surface area (Å²) in [7, 11) is 0. The summed E-state index contributed by atoms with van der Waals surface area (Å²) in [5.41, 5.74) is 0. The van der Waals surface area contributed by atoms with E-state index in [1.165, 1.54) is 6.92 Å². The highest BCUT2D eigenvalue weighted by Crippen LogP contribution is 2.15. The first-order valence-electron chi connectivity index (χ1n) is 6.27. The van der Waals surface area contributed by atoms with Gasteiger partial charge in [0.15, 0.2) is 24.3 Å². The quantitative estimate of drug-likeness (QED) is 0.663. The number of Topliss-reactive ketones (excluding diaryl/α,β-unsaturated/α-hetero) is 4. The van der Waals surface area contributed by atoms with Crippen LogP contribution in [0.2, 0.25) is 0 Å². The lowest BCUT2D eigenvalue weighted by Crippen LogP contribution is -2.34. The van der Waals surface area contributed by atoms with Gasteiger partial charge in [0.25, 0.3) is 0 Å². The fourth-order valence-corrected chi connectivity index (χ4v) is 1.63. The number of rotatable bonds is 6. The highest BCUT2D eigenvalue weighted by Gasteiger charge is 2.30. The molecule has 0 aromatic heterocycles. The normalized spacial score (nSPS) is 18.6. The molecule has 0 aromatic carbocycles. The summed E-state index contributed by atoms with van der Waals surface area (Å²) in [4.78, 5) is 55.7. The smallest absolute Gasteiger partial charge is 0.426 e. The van der Waals surface area contributed by atoms with Crippen molar-refractivity contribution in [3.05, 3.63) is 0 Å². The van der Waals surface area contributed by atoms with Crippen LogP contribution in [0.5, 0.6) is 0 Å². The predicted molar refractivity (Wildman–Crippen MR) is 65.0 cm³/mol. The predicted octanol–water partition coefficient (Wildman–Crippen LogP) is 0.769. The molecule has 1 saturated carbocycles. The van der Waals surface area contributed by atoms with Crippen LogP contribution in [0.1, 0.15) is 39.0 Å². The second kappa shape index (κ2) is 7.52. The van der Waals surface area contributed by atoms with Crippen LogP contribution >= 0.6 is 0 Å². The molecule has 0 amide bonds. The zero-order valence-electron chi connectivity index (χ0n) is 11.2. The highest BCUT2D eigenvalue weighted by atomic mass is 16.7. The number of hydrogen-bond donors (Lipinski definition) is 0. The Labute approximate surface area is 115 Å². The van der Waals surface area contributed by atoms with E-state index in [2.05, 4.69) is 4.74 Å². The van der Waals surface area contributed by atoms with E-state index < -0.39 is 24.6 Å². The Bertz CT molecular complexity index is 438. The van der Waals surface area contributed by atoms with Gasteiger partial charge >= 0.3 is 6.16 Å². The Morgan fingerprint density at radius 1 is 1.15 bits per heavy atom. The van der Waals surface area contributed by atoms with Gasteiger partial charge in [0.05, 0.1) is 6.42 Å². The average Bonchev–Trinajstić information content (AvgIpc) is 2.38. The van der Waals surface area contributed by atoms with Gasteiger partial charge < -0.3 is 14.3 Å². The Hall–Kier alpha value is -2.05. The van der Waals surface area contributed by atoms with Crippen LogP contribution in [-0.2, 0) is 28.7 Å². The van der Waals surface area contributed by atoms with Crippen LogP contribution < -0.4 is 0 Å². The standard InChI is InChI=1S/C13H16O7/c1-8(14)2-3-10(16)7-19-13(18)20-12-6-9(15)4-5-11(12)17/h12H,2-7H2,1H3. The van der Waals surface area contributed by atoms with Crippen LogP contribution in [0.4, 0.5) is 4.79 Å². The number of carbonyl (C=O) groups excluding carboxylic acids is 5. The van der Waals surface area contributed by atoms with Gasteiger partial charge in [-0.05, 0) is 6.92 Å². The molecule has 7 nitrogen and oxygen atoms in total. The molecule has 0 spiro atoms. The summed E-state index contributed by atoms with van der Waals surface area (Å²) in [6, 6.07) is 0. The second-order valence-corrected chi connectivity index (χ2v) is 4.59. The summed E-state index contributed by atoms with van der Waals surface area (Å²) >= 11 is 0. The SMILES string of the molecule is CC(=O)CCC(=O)COC(=O)OC1CC(=O)CCC1=O. The van der Waals surface area contributed by atoms with Crippen molar-refractivity contribution in [2.75, 3.05) is 6.61 Å². The van der Waals surface area contributed by atoms with Crippen LogP contribution in [0.15, 0.2) is 0 Å². The molecule has 1 fully saturated rings. The van der Waals surface area contributed by atoms with Crippen molar-refractivity contribution in [2.24, 2.45) is 0 Å². The summed E-state index contributed by atoms with van der Waals surface area (Å²) < 4.78 is 9.24. The molecule has 20 heavy (non-hydrogen) atoms. The highest BCUT2D eigenvalue weighted by molar-refractivity contribution is 5.97.